The van der Waals surface area contributed by atoms with Gasteiger partial charge < -0.3 is 4.74 Å². The molecule has 0 rings (SSSR count). The van der Waals surface area contributed by atoms with Crippen molar-refractivity contribution in [2.75, 3.05) is 6.61 Å². The second-order valence-electron chi connectivity index (χ2n) is 9.27. The molecule has 0 heterocycles. The average molecular weight is 455 g/mol. The van der Waals surface area contributed by atoms with Gasteiger partial charge in [-0.3, -0.25) is 4.79 Å². The molecular weight excluding hydrogens is 400 g/mol. The average Bonchev–Trinajstić information content (AvgIpc) is 2.78. The molecule has 3 heteroatoms. The molecule has 31 heavy (non-hydrogen) atoms. The first-order valence-electron chi connectivity index (χ1n) is 13.6. The lowest BCUT2D eigenvalue weighted by Crippen LogP contribution is -2.34. The van der Waals surface area contributed by atoms with E-state index in [1.807, 2.05) is 6.92 Å². The number of unbranched alkanes of at least 4 members (excludes halogenated alkanes) is 15. The standard InChI is InChI=1S/C28H54O2S/c1-4-7-9-11-13-14-15-16-17-18-19-20-21-23-25-28(31,6-3)27(29)30-26-24-22-12-10-8-5-2/h16-17,31H,4-15,18-26H2,1-3H3/b17-16-. The highest BCUT2D eigenvalue weighted by Crippen LogP contribution is 2.28. The third-order valence-electron chi connectivity index (χ3n) is 6.30. The van der Waals surface area contributed by atoms with Crippen LogP contribution >= 0.6 is 12.6 Å². The number of ether oxygens (including phenoxy) is 1. The van der Waals surface area contributed by atoms with Crippen LogP contribution in [-0.4, -0.2) is 17.3 Å². The molecule has 0 amide bonds. The van der Waals surface area contributed by atoms with Gasteiger partial charge in [-0.2, -0.15) is 12.6 Å². The van der Waals surface area contributed by atoms with Crippen molar-refractivity contribution in [3.05, 3.63) is 12.2 Å². The van der Waals surface area contributed by atoms with Crippen LogP contribution in [0.2, 0.25) is 0 Å². The molecule has 0 N–H and O–H groups in total. The fourth-order valence-electron chi connectivity index (χ4n) is 3.92. The molecule has 0 aliphatic carbocycles. The Labute approximate surface area is 200 Å². The topological polar surface area (TPSA) is 26.3 Å². The van der Waals surface area contributed by atoms with Crippen LogP contribution in [0.3, 0.4) is 0 Å². The molecule has 0 aliphatic rings. The van der Waals surface area contributed by atoms with Crippen LogP contribution < -0.4 is 0 Å². The van der Waals surface area contributed by atoms with Crippen molar-refractivity contribution in [1.29, 1.82) is 0 Å². The van der Waals surface area contributed by atoms with Gasteiger partial charge in [0.2, 0.25) is 0 Å². The summed E-state index contributed by atoms with van der Waals surface area (Å²) in [5.74, 6) is -0.107. The summed E-state index contributed by atoms with van der Waals surface area (Å²) in [6.07, 6.45) is 29.0. The van der Waals surface area contributed by atoms with E-state index < -0.39 is 4.75 Å². The molecule has 1 unspecified atom stereocenters. The summed E-state index contributed by atoms with van der Waals surface area (Å²) in [5.41, 5.74) is 0. The molecule has 0 aromatic carbocycles. The highest BCUT2D eigenvalue weighted by atomic mass is 32.1. The van der Waals surface area contributed by atoms with Crippen molar-refractivity contribution in [1.82, 2.24) is 0 Å². The van der Waals surface area contributed by atoms with E-state index >= 15 is 0 Å². The van der Waals surface area contributed by atoms with Crippen LogP contribution in [0.1, 0.15) is 149 Å². The highest BCUT2D eigenvalue weighted by Gasteiger charge is 2.33. The molecule has 0 fully saturated rings. The van der Waals surface area contributed by atoms with Gasteiger partial charge >= 0.3 is 5.97 Å². The lowest BCUT2D eigenvalue weighted by Gasteiger charge is -2.25. The molecule has 184 valence electrons. The molecule has 0 radical (unpaired) electrons. The van der Waals surface area contributed by atoms with E-state index in [2.05, 4.69) is 26.0 Å². The van der Waals surface area contributed by atoms with Crippen molar-refractivity contribution >= 4 is 18.6 Å². The first kappa shape index (κ1) is 30.6. The van der Waals surface area contributed by atoms with Gasteiger partial charge in [0.05, 0.1) is 6.61 Å². The van der Waals surface area contributed by atoms with E-state index in [1.54, 1.807) is 0 Å². The minimum atomic E-state index is -0.598. The molecule has 0 bridgehead atoms. The third-order valence-corrected chi connectivity index (χ3v) is 7.02. The molecule has 0 aromatic rings. The Morgan fingerprint density at radius 2 is 1.13 bits per heavy atom. The third kappa shape index (κ3) is 18.8. The number of carbonyl (C=O) groups excluding carboxylic acids is 1. The lowest BCUT2D eigenvalue weighted by atomic mass is 9.97. The summed E-state index contributed by atoms with van der Waals surface area (Å²) in [6, 6.07) is 0. The van der Waals surface area contributed by atoms with E-state index in [4.69, 9.17) is 17.4 Å². The molecule has 1 atom stereocenters. The molecule has 0 spiro atoms. The Morgan fingerprint density at radius 3 is 1.65 bits per heavy atom. The predicted molar refractivity (Wildman–Crippen MR) is 141 cm³/mol. The summed E-state index contributed by atoms with van der Waals surface area (Å²) in [7, 11) is 0. The largest absolute Gasteiger partial charge is 0.465 e. The molecule has 0 saturated carbocycles. The molecule has 0 saturated heterocycles. The van der Waals surface area contributed by atoms with Gasteiger partial charge in [0, 0.05) is 0 Å². The zero-order chi connectivity index (χ0) is 23.0. The Hall–Kier alpha value is -0.440. The summed E-state index contributed by atoms with van der Waals surface area (Å²) in [6.45, 7) is 7.10. The van der Waals surface area contributed by atoms with Gasteiger partial charge in [-0.15, -0.1) is 0 Å². The van der Waals surface area contributed by atoms with Crippen LogP contribution in [-0.2, 0) is 9.53 Å². The van der Waals surface area contributed by atoms with E-state index in [1.165, 1.54) is 96.3 Å². The zero-order valence-electron chi connectivity index (χ0n) is 21.3. The number of hydrogen-bond acceptors (Lipinski definition) is 3. The maximum absolute atomic E-state index is 12.5. The van der Waals surface area contributed by atoms with Gasteiger partial charge in [-0.25, -0.2) is 0 Å². The summed E-state index contributed by atoms with van der Waals surface area (Å²) in [5, 5.41) is 0. The van der Waals surface area contributed by atoms with Crippen molar-refractivity contribution in [3.8, 4) is 0 Å². The van der Waals surface area contributed by atoms with Crippen LogP contribution in [0.5, 0.6) is 0 Å². The first-order valence-corrected chi connectivity index (χ1v) is 14.1. The van der Waals surface area contributed by atoms with Gasteiger partial charge in [0.1, 0.15) is 4.75 Å². The van der Waals surface area contributed by atoms with Crippen molar-refractivity contribution in [3.63, 3.8) is 0 Å². The van der Waals surface area contributed by atoms with Gasteiger partial charge in [0.15, 0.2) is 0 Å². The van der Waals surface area contributed by atoms with Crippen molar-refractivity contribution in [2.24, 2.45) is 0 Å². The van der Waals surface area contributed by atoms with Gasteiger partial charge in [0.25, 0.3) is 0 Å². The fraction of sp³-hybridized carbons (Fsp3) is 0.893. The number of carbonyl (C=O) groups is 1. The highest BCUT2D eigenvalue weighted by molar-refractivity contribution is 7.82. The van der Waals surface area contributed by atoms with Crippen LogP contribution in [0, 0.1) is 0 Å². The maximum atomic E-state index is 12.5. The summed E-state index contributed by atoms with van der Waals surface area (Å²) in [4.78, 5) is 12.5. The fourth-order valence-corrected chi connectivity index (χ4v) is 4.14. The summed E-state index contributed by atoms with van der Waals surface area (Å²) >= 11 is 4.72. The molecule has 2 nitrogen and oxygen atoms in total. The number of rotatable bonds is 23. The zero-order valence-corrected chi connectivity index (χ0v) is 22.2. The number of thiol groups is 1. The lowest BCUT2D eigenvalue weighted by molar-refractivity contribution is -0.147. The quantitative estimate of drug-likeness (QED) is 0.0719. The van der Waals surface area contributed by atoms with Crippen molar-refractivity contribution in [2.45, 2.75) is 154 Å². The van der Waals surface area contributed by atoms with Gasteiger partial charge in [-0.1, -0.05) is 116 Å². The SMILES string of the molecule is CCCCCCCC/C=C\CCCCCCC(S)(CC)C(=O)OCCCCCCCC. The molecule has 0 aliphatic heterocycles. The smallest absolute Gasteiger partial charge is 0.321 e. The number of esters is 1. The van der Waals surface area contributed by atoms with Crippen LogP contribution in [0.25, 0.3) is 0 Å². The van der Waals surface area contributed by atoms with Gasteiger partial charge in [-0.05, 0) is 44.9 Å². The number of hydrogen-bond donors (Lipinski definition) is 1. The minimum absolute atomic E-state index is 0.107. The van der Waals surface area contributed by atoms with E-state index in [0.717, 1.165) is 32.1 Å². The monoisotopic (exact) mass is 454 g/mol. The second kappa shape index (κ2) is 22.7. The first-order chi connectivity index (χ1) is 15.1. The van der Waals surface area contributed by atoms with Crippen molar-refractivity contribution < 1.29 is 9.53 Å². The van der Waals surface area contributed by atoms with Crippen LogP contribution in [0.4, 0.5) is 0 Å². The predicted octanol–water partition coefficient (Wildman–Crippen LogP) is 9.62. The Kier molecular flexibility index (Phi) is 22.4. The normalized spacial score (nSPS) is 13.5. The van der Waals surface area contributed by atoms with E-state index in [0.29, 0.717) is 6.61 Å². The Morgan fingerprint density at radius 1 is 0.677 bits per heavy atom. The number of allylic oxidation sites excluding steroid dienone is 2. The van der Waals surface area contributed by atoms with E-state index in [-0.39, 0.29) is 5.97 Å². The maximum Gasteiger partial charge on any atom is 0.321 e. The van der Waals surface area contributed by atoms with E-state index in [9.17, 15) is 4.79 Å². The Bertz CT molecular complexity index is 421. The molecular formula is C28H54O2S. The minimum Gasteiger partial charge on any atom is -0.465 e. The van der Waals surface area contributed by atoms with Crippen LogP contribution in [0.15, 0.2) is 12.2 Å². The molecule has 0 aromatic heterocycles. The second-order valence-corrected chi connectivity index (χ2v) is 10.1. The Balaban J connectivity index is 3.68. The summed E-state index contributed by atoms with van der Waals surface area (Å²) < 4.78 is 4.95.